The Morgan fingerprint density at radius 2 is 2.29 bits per heavy atom. The maximum absolute atomic E-state index is 9.09. The van der Waals surface area contributed by atoms with E-state index in [4.69, 9.17) is 22.6 Å². The van der Waals surface area contributed by atoms with Crippen molar-refractivity contribution in [3.05, 3.63) is 28.8 Å². The molecule has 0 aliphatic carbocycles. The zero-order chi connectivity index (χ0) is 12.5. The summed E-state index contributed by atoms with van der Waals surface area (Å²) in [5.41, 5.74) is 7.40. The number of nitrogens with zero attached hydrogens (tertiary/aromatic N) is 2. The van der Waals surface area contributed by atoms with Crippen LogP contribution in [0.25, 0.3) is 0 Å². The van der Waals surface area contributed by atoms with Crippen LogP contribution >= 0.6 is 11.6 Å². The van der Waals surface area contributed by atoms with Crippen LogP contribution in [0.4, 0.5) is 5.69 Å². The molecule has 90 valence electrons. The van der Waals surface area contributed by atoms with E-state index < -0.39 is 5.54 Å². The molecular weight excluding hydrogens is 234 g/mol. The average Bonchev–Trinajstić information content (AvgIpc) is 2.33. The lowest BCUT2D eigenvalue weighted by atomic mass is 9.91. The van der Waals surface area contributed by atoms with E-state index in [-0.39, 0.29) is 0 Å². The van der Waals surface area contributed by atoms with Crippen molar-refractivity contribution >= 4 is 17.3 Å². The molecule has 1 saturated heterocycles. The highest BCUT2D eigenvalue weighted by Gasteiger charge is 2.31. The Balaban J connectivity index is 2.23. The van der Waals surface area contributed by atoms with Gasteiger partial charge in [-0.3, -0.25) is 0 Å². The molecule has 0 amide bonds. The lowest BCUT2D eigenvalue weighted by molar-refractivity contribution is 0.424. The number of benzene rings is 1. The van der Waals surface area contributed by atoms with Crippen molar-refractivity contribution in [2.75, 3.05) is 18.0 Å². The summed E-state index contributed by atoms with van der Waals surface area (Å²) in [6, 6.07) is 8.18. The molecule has 1 aromatic carbocycles. The Morgan fingerprint density at radius 1 is 1.53 bits per heavy atom. The van der Waals surface area contributed by atoms with Gasteiger partial charge < -0.3 is 10.6 Å². The normalized spacial score (nSPS) is 24.5. The summed E-state index contributed by atoms with van der Waals surface area (Å²) in [6.07, 6.45) is 1.70. The quantitative estimate of drug-likeness (QED) is 0.832. The monoisotopic (exact) mass is 249 g/mol. The summed E-state index contributed by atoms with van der Waals surface area (Å²) in [6.45, 7) is 3.48. The number of rotatable bonds is 1. The fraction of sp³-hybridized carbons (Fsp3) is 0.462. The van der Waals surface area contributed by atoms with Gasteiger partial charge in [-0.1, -0.05) is 17.7 Å². The average molecular weight is 250 g/mol. The first-order chi connectivity index (χ1) is 8.04. The second-order valence-electron chi connectivity index (χ2n) is 4.73. The first-order valence-electron chi connectivity index (χ1n) is 5.75. The second-order valence-corrected chi connectivity index (χ2v) is 5.13. The van der Waals surface area contributed by atoms with Crippen molar-refractivity contribution in [2.45, 2.75) is 25.3 Å². The van der Waals surface area contributed by atoms with Crippen LogP contribution in [0.3, 0.4) is 0 Å². The fourth-order valence-electron chi connectivity index (χ4n) is 2.17. The van der Waals surface area contributed by atoms with Crippen LogP contribution in [0.5, 0.6) is 0 Å². The molecule has 1 aliphatic rings. The molecule has 17 heavy (non-hydrogen) atoms. The van der Waals surface area contributed by atoms with Gasteiger partial charge in [-0.05, 0) is 37.5 Å². The maximum Gasteiger partial charge on any atom is 0.121 e. The first-order valence-corrected chi connectivity index (χ1v) is 6.13. The smallest absolute Gasteiger partial charge is 0.121 e. The van der Waals surface area contributed by atoms with Gasteiger partial charge in [0.1, 0.15) is 5.54 Å². The van der Waals surface area contributed by atoms with Gasteiger partial charge in [0.05, 0.1) is 6.07 Å². The zero-order valence-corrected chi connectivity index (χ0v) is 10.7. The fourth-order valence-corrected chi connectivity index (χ4v) is 2.35. The van der Waals surface area contributed by atoms with E-state index in [1.54, 1.807) is 0 Å². The van der Waals surface area contributed by atoms with Gasteiger partial charge in [0, 0.05) is 23.8 Å². The van der Waals surface area contributed by atoms with E-state index in [2.05, 4.69) is 11.0 Å². The van der Waals surface area contributed by atoms with Crippen molar-refractivity contribution < 1.29 is 0 Å². The third-order valence-corrected chi connectivity index (χ3v) is 3.67. The van der Waals surface area contributed by atoms with Crippen LogP contribution in [-0.4, -0.2) is 18.6 Å². The molecule has 3 nitrogen and oxygen atoms in total. The van der Waals surface area contributed by atoms with Crippen LogP contribution in [0.1, 0.15) is 18.4 Å². The molecule has 1 unspecified atom stereocenters. The summed E-state index contributed by atoms with van der Waals surface area (Å²) in [5.74, 6) is 0. The van der Waals surface area contributed by atoms with E-state index in [0.717, 1.165) is 35.7 Å². The topological polar surface area (TPSA) is 53.0 Å². The lowest BCUT2D eigenvalue weighted by Crippen LogP contribution is -2.53. The number of piperidine rings is 1. The summed E-state index contributed by atoms with van der Waals surface area (Å²) in [5, 5.41) is 9.84. The molecule has 1 fully saturated rings. The van der Waals surface area contributed by atoms with E-state index >= 15 is 0 Å². The summed E-state index contributed by atoms with van der Waals surface area (Å²) in [4.78, 5) is 2.14. The Morgan fingerprint density at radius 3 is 2.94 bits per heavy atom. The number of halogens is 1. The molecule has 1 atom stereocenters. The molecule has 0 saturated carbocycles. The number of hydrogen-bond donors (Lipinski definition) is 1. The summed E-state index contributed by atoms with van der Waals surface area (Å²) < 4.78 is 0. The molecule has 0 bridgehead atoms. The molecular formula is C13H16ClN3. The molecule has 4 heteroatoms. The Labute approximate surface area is 107 Å². The third-order valence-electron chi connectivity index (χ3n) is 3.27. The van der Waals surface area contributed by atoms with Gasteiger partial charge in [0.2, 0.25) is 0 Å². The van der Waals surface area contributed by atoms with E-state index in [9.17, 15) is 0 Å². The standard InChI is InChI=1S/C13H16ClN3/c1-10-3-4-11(7-12(10)14)17-6-2-5-13(16,8-15)9-17/h3-4,7H,2,5-6,9,16H2,1H3. The number of nitriles is 1. The van der Waals surface area contributed by atoms with Crippen LogP contribution in [-0.2, 0) is 0 Å². The highest BCUT2D eigenvalue weighted by molar-refractivity contribution is 6.31. The number of aryl methyl sites for hydroxylation is 1. The number of hydrogen-bond acceptors (Lipinski definition) is 3. The van der Waals surface area contributed by atoms with Crippen molar-refractivity contribution in [1.82, 2.24) is 0 Å². The SMILES string of the molecule is Cc1ccc(N2CCCC(N)(C#N)C2)cc1Cl. The van der Waals surface area contributed by atoms with Crippen LogP contribution in [0.2, 0.25) is 5.02 Å². The Bertz CT molecular complexity index is 466. The predicted molar refractivity (Wildman–Crippen MR) is 70.2 cm³/mol. The molecule has 2 rings (SSSR count). The van der Waals surface area contributed by atoms with E-state index in [1.165, 1.54) is 0 Å². The van der Waals surface area contributed by atoms with Crippen LogP contribution < -0.4 is 10.6 Å². The van der Waals surface area contributed by atoms with Gasteiger partial charge in [-0.15, -0.1) is 0 Å². The van der Waals surface area contributed by atoms with Gasteiger partial charge in [0.25, 0.3) is 0 Å². The second kappa shape index (κ2) is 4.56. The molecule has 1 aromatic rings. The van der Waals surface area contributed by atoms with Crippen LogP contribution in [0.15, 0.2) is 18.2 Å². The Hall–Kier alpha value is -1.24. The molecule has 0 aromatic heterocycles. The van der Waals surface area contributed by atoms with E-state index in [1.807, 2.05) is 25.1 Å². The van der Waals surface area contributed by atoms with Crippen molar-refractivity contribution in [2.24, 2.45) is 5.73 Å². The molecule has 0 spiro atoms. The molecule has 0 radical (unpaired) electrons. The molecule has 1 aliphatic heterocycles. The van der Waals surface area contributed by atoms with Gasteiger partial charge >= 0.3 is 0 Å². The van der Waals surface area contributed by atoms with Crippen molar-refractivity contribution in [3.63, 3.8) is 0 Å². The zero-order valence-electron chi connectivity index (χ0n) is 9.91. The van der Waals surface area contributed by atoms with E-state index in [0.29, 0.717) is 6.54 Å². The number of nitrogens with two attached hydrogens (primary N) is 1. The lowest BCUT2D eigenvalue weighted by Gasteiger charge is -2.37. The van der Waals surface area contributed by atoms with Crippen molar-refractivity contribution in [1.29, 1.82) is 5.26 Å². The first kappa shape index (κ1) is 12.2. The minimum Gasteiger partial charge on any atom is -0.369 e. The molecule has 2 N–H and O–H groups in total. The minimum absolute atomic E-state index is 0.572. The van der Waals surface area contributed by atoms with Gasteiger partial charge in [-0.2, -0.15) is 5.26 Å². The summed E-state index contributed by atoms with van der Waals surface area (Å²) >= 11 is 6.12. The van der Waals surface area contributed by atoms with Crippen molar-refractivity contribution in [3.8, 4) is 6.07 Å². The molecule has 1 heterocycles. The largest absolute Gasteiger partial charge is 0.369 e. The Kier molecular flexibility index (Phi) is 3.28. The highest BCUT2D eigenvalue weighted by atomic mass is 35.5. The van der Waals surface area contributed by atoms with Crippen LogP contribution in [0, 0.1) is 18.3 Å². The predicted octanol–water partition coefficient (Wildman–Crippen LogP) is 2.47. The van der Waals surface area contributed by atoms with Gasteiger partial charge in [0.15, 0.2) is 0 Å². The summed E-state index contributed by atoms with van der Waals surface area (Å²) in [7, 11) is 0. The minimum atomic E-state index is -0.727. The number of anilines is 1. The maximum atomic E-state index is 9.09. The third kappa shape index (κ3) is 2.54. The van der Waals surface area contributed by atoms with Gasteiger partial charge in [-0.25, -0.2) is 0 Å². The highest BCUT2D eigenvalue weighted by Crippen LogP contribution is 2.27.